The van der Waals surface area contributed by atoms with Crippen molar-refractivity contribution in [2.45, 2.75) is 32.2 Å². The number of carbonyl (C=O) groups excluding carboxylic acids is 1. The fraction of sp³-hybridized carbons (Fsp3) is 0.533. The Bertz CT molecular complexity index is 450. The van der Waals surface area contributed by atoms with Crippen LogP contribution >= 0.6 is 11.6 Å². The van der Waals surface area contributed by atoms with Crippen molar-refractivity contribution in [2.75, 3.05) is 13.1 Å². The van der Waals surface area contributed by atoms with E-state index in [1.807, 2.05) is 36.1 Å². The zero-order valence-electron chi connectivity index (χ0n) is 11.3. The van der Waals surface area contributed by atoms with Crippen molar-refractivity contribution in [3.8, 4) is 0 Å². The molecule has 1 fully saturated rings. The molecule has 0 radical (unpaired) electrons. The minimum Gasteiger partial charge on any atom is -0.336 e. The van der Waals surface area contributed by atoms with E-state index < -0.39 is 0 Å². The second kappa shape index (κ2) is 6.40. The Labute approximate surface area is 119 Å². The highest BCUT2D eigenvalue weighted by Gasteiger charge is 2.31. The average molecular weight is 281 g/mol. The van der Waals surface area contributed by atoms with Gasteiger partial charge in [-0.1, -0.05) is 36.7 Å². The van der Waals surface area contributed by atoms with E-state index >= 15 is 0 Å². The van der Waals surface area contributed by atoms with Crippen LogP contribution in [0, 0.1) is 5.92 Å². The molecule has 1 saturated heterocycles. The molecule has 104 valence electrons. The van der Waals surface area contributed by atoms with Crippen LogP contribution in [0.5, 0.6) is 0 Å². The normalized spacial score (nSPS) is 20.6. The Balaban J connectivity index is 2.13. The van der Waals surface area contributed by atoms with Gasteiger partial charge in [0.1, 0.15) is 0 Å². The number of halogens is 1. The van der Waals surface area contributed by atoms with Crippen LogP contribution < -0.4 is 5.73 Å². The van der Waals surface area contributed by atoms with E-state index in [4.69, 9.17) is 17.3 Å². The zero-order valence-corrected chi connectivity index (χ0v) is 12.1. The maximum atomic E-state index is 12.3. The standard InChI is InChI=1S/C15H21ClN2O/c1-11(10-17)9-15(19)18-8-4-7-14(18)12-5-2-3-6-13(12)16/h2-3,5-6,11,14H,4,7-10,17H2,1H3. The monoisotopic (exact) mass is 280 g/mol. The largest absolute Gasteiger partial charge is 0.336 e. The number of benzene rings is 1. The Morgan fingerprint density at radius 2 is 2.26 bits per heavy atom. The molecule has 2 atom stereocenters. The lowest BCUT2D eigenvalue weighted by Crippen LogP contribution is -2.32. The van der Waals surface area contributed by atoms with Crippen LogP contribution in [-0.4, -0.2) is 23.9 Å². The van der Waals surface area contributed by atoms with Crippen LogP contribution in [0.3, 0.4) is 0 Å². The summed E-state index contributed by atoms with van der Waals surface area (Å²) in [5.41, 5.74) is 6.66. The lowest BCUT2D eigenvalue weighted by Gasteiger charge is -2.26. The molecule has 0 bridgehead atoms. The zero-order chi connectivity index (χ0) is 13.8. The van der Waals surface area contributed by atoms with Gasteiger partial charge in [-0.15, -0.1) is 0 Å². The van der Waals surface area contributed by atoms with Gasteiger partial charge in [-0.3, -0.25) is 4.79 Å². The van der Waals surface area contributed by atoms with Crippen molar-refractivity contribution >= 4 is 17.5 Å². The second-order valence-electron chi connectivity index (χ2n) is 5.31. The molecule has 1 aliphatic heterocycles. The van der Waals surface area contributed by atoms with Crippen LogP contribution in [0.4, 0.5) is 0 Å². The predicted octanol–water partition coefficient (Wildman–Crippen LogP) is 2.99. The highest BCUT2D eigenvalue weighted by Crippen LogP contribution is 2.36. The third-order valence-corrected chi connectivity index (χ3v) is 4.11. The van der Waals surface area contributed by atoms with Gasteiger partial charge in [0.2, 0.25) is 5.91 Å². The number of likely N-dealkylation sites (tertiary alicyclic amines) is 1. The molecule has 2 N–H and O–H groups in total. The Morgan fingerprint density at radius 3 is 2.95 bits per heavy atom. The van der Waals surface area contributed by atoms with Crippen molar-refractivity contribution in [1.29, 1.82) is 0 Å². The fourth-order valence-electron chi connectivity index (χ4n) is 2.63. The molecular weight excluding hydrogens is 260 g/mol. The number of rotatable bonds is 4. The van der Waals surface area contributed by atoms with E-state index in [2.05, 4.69) is 0 Å². The summed E-state index contributed by atoms with van der Waals surface area (Å²) in [6.07, 6.45) is 2.56. The number of nitrogens with two attached hydrogens (primary N) is 1. The fourth-order valence-corrected chi connectivity index (χ4v) is 2.89. The van der Waals surface area contributed by atoms with Crippen molar-refractivity contribution in [1.82, 2.24) is 4.90 Å². The van der Waals surface area contributed by atoms with Crippen LogP contribution in [0.2, 0.25) is 5.02 Å². The highest BCUT2D eigenvalue weighted by atomic mass is 35.5. The van der Waals surface area contributed by atoms with Gasteiger partial charge < -0.3 is 10.6 Å². The van der Waals surface area contributed by atoms with Gasteiger partial charge in [0.05, 0.1) is 6.04 Å². The van der Waals surface area contributed by atoms with Gasteiger partial charge in [0.25, 0.3) is 0 Å². The summed E-state index contributed by atoms with van der Waals surface area (Å²) < 4.78 is 0. The maximum Gasteiger partial charge on any atom is 0.223 e. The van der Waals surface area contributed by atoms with E-state index in [-0.39, 0.29) is 17.9 Å². The summed E-state index contributed by atoms with van der Waals surface area (Å²) in [5.74, 6) is 0.431. The molecule has 19 heavy (non-hydrogen) atoms. The molecule has 2 unspecified atom stereocenters. The first-order chi connectivity index (χ1) is 9.13. The molecule has 0 saturated carbocycles. The third-order valence-electron chi connectivity index (χ3n) is 3.76. The Kier molecular flexibility index (Phi) is 4.83. The van der Waals surface area contributed by atoms with Crippen molar-refractivity contribution in [3.05, 3.63) is 34.9 Å². The lowest BCUT2D eigenvalue weighted by molar-refractivity contribution is -0.133. The van der Waals surface area contributed by atoms with Gasteiger partial charge >= 0.3 is 0 Å². The van der Waals surface area contributed by atoms with Gasteiger partial charge in [0.15, 0.2) is 0 Å². The summed E-state index contributed by atoms with van der Waals surface area (Å²) in [4.78, 5) is 14.3. The minimum absolute atomic E-state index is 0.131. The molecule has 0 aliphatic carbocycles. The maximum absolute atomic E-state index is 12.3. The average Bonchev–Trinajstić information content (AvgIpc) is 2.88. The molecule has 0 aromatic heterocycles. The minimum atomic E-state index is 0.131. The molecular formula is C15H21ClN2O. The van der Waals surface area contributed by atoms with Gasteiger partial charge in [-0.25, -0.2) is 0 Å². The van der Waals surface area contributed by atoms with Crippen LogP contribution in [0.15, 0.2) is 24.3 Å². The molecule has 2 rings (SSSR count). The molecule has 1 heterocycles. The second-order valence-corrected chi connectivity index (χ2v) is 5.72. The highest BCUT2D eigenvalue weighted by molar-refractivity contribution is 6.31. The molecule has 3 nitrogen and oxygen atoms in total. The summed E-state index contributed by atoms with van der Waals surface area (Å²) >= 11 is 6.25. The number of nitrogens with zero attached hydrogens (tertiary/aromatic N) is 1. The van der Waals surface area contributed by atoms with Crippen molar-refractivity contribution < 1.29 is 4.79 Å². The van der Waals surface area contributed by atoms with E-state index in [1.165, 1.54) is 0 Å². The van der Waals surface area contributed by atoms with E-state index in [0.717, 1.165) is 30.0 Å². The van der Waals surface area contributed by atoms with Crippen molar-refractivity contribution in [3.63, 3.8) is 0 Å². The molecule has 1 aliphatic rings. The topological polar surface area (TPSA) is 46.3 Å². The molecule has 0 spiro atoms. The van der Waals surface area contributed by atoms with E-state index in [1.54, 1.807) is 0 Å². The van der Waals surface area contributed by atoms with Gasteiger partial charge in [0, 0.05) is 18.0 Å². The smallest absolute Gasteiger partial charge is 0.223 e. The molecule has 1 aromatic carbocycles. The number of hydrogen-bond donors (Lipinski definition) is 1. The SMILES string of the molecule is CC(CN)CC(=O)N1CCCC1c1ccccc1Cl. The summed E-state index contributed by atoms with van der Waals surface area (Å²) in [5, 5.41) is 0.749. The van der Waals surface area contributed by atoms with Crippen LogP contribution in [0.25, 0.3) is 0 Å². The molecule has 1 amide bonds. The predicted molar refractivity (Wildman–Crippen MR) is 78.0 cm³/mol. The number of carbonyl (C=O) groups is 1. The number of hydrogen-bond acceptors (Lipinski definition) is 2. The Hall–Kier alpha value is -1.06. The van der Waals surface area contributed by atoms with Crippen LogP contribution in [-0.2, 0) is 4.79 Å². The van der Waals surface area contributed by atoms with Crippen LogP contribution in [0.1, 0.15) is 37.8 Å². The van der Waals surface area contributed by atoms with E-state index in [9.17, 15) is 4.79 Å². The third kappa shape index (κ3) is 3.28. The van der Waals surface area contributed by atoms with Gasteiger partial charge in [-0.2, -0.15) is 0 Å². The first-order valence-electron chi connectivity index (χ1n) is 6.87. The first-order valence-corrected chi connectivity index (χ1v) is 7.25. The molecule has 4 heteroatoms. The van der Waals surface area contributed by atoms with Crippen molar-refractivity contribution in [2.24, 2.45) is 11.7 Å². The van der Waals surface area contributed by atoms with E-state index in [0.29, 0.717) is 13.0 Å². The van der Waals surface area contributed by atoms with Gasteiger partial charge in [-0.05, 0) is 36.9 Å². The summed E-state index contributed by atoms with van der Waals surface area (Å²) in [7, 11) is 0. The molecule has 1 aromatic rings. The Morgan fingerprint density at radius 1 is 1.53 bits per heavy atom. The lowest BCUT2D eigenvalue weighted by atomic mass is 10.0. The number of amides is 1. The summed E-state index contributed by atoms with van der Waals surface area (Å²) in [6, 6.07) is 7.94. The quantitative estimate of drug-likeness (QED) is 0.922. The summed E-state index contributed by atoms with van der Waals surface area (Å²) in [6.45, 7) is 3.39. The first kappa shape index (κ1) is 14.4.